The van der Waals surface area contributed by atoms with E-state index in [-0.39, 0.29) is 18.3 Å². The van der Waals surface area contributed by atoms with Crippen LogP contribution in [-0.4, -0.2) is 28.4 Å². The zero-order valence-electron chi connectivity index (χ0n) is 22.5. The van der Waals surface area contributed by atoms with Crippen LogP contribution >= 0.6 is 39.1 Å². The summed E-state index contributed by atoms with van der Waals surface area (Å²) >= 11 is 16.0. The summed E-state index contributed by atoms with van der Waals surface area (Å²) in [6, 6.07) is 24.7. The van der Waals surface area contributed by atoms with Gasteiger partial charge in [-0.15, -0.1) is 0 Å². The lowest BCUT2D eigenvalue weighted by molar-refractivity contribution is -0.118. The average molecular weight is 676 g/mol. The summed E-state index contributed by atoms with van der Waals surface area (Å²) in [5.41, 5.74) is 2.70. The highest BCUT2D eigenvalue weighted by molar-refractivity contribution is 9.10. The SMILES string of the molecule is Cc1ccccc1NC(=O)COc1c(Br)cc(Cl)cc1C=Nn1c(-c2cc3cc(Cl)ccc3o2)nc2ccccc2c1=O. The van der Waals surface area contributed by atoms with E-state index >= 15 is 0 Å². The highest BCUT2D eigenvalue weighted by Gasteiger charge is 2.18. The molecule has 6 aromatic rings. The molecule has 4 aromatic carbocycles. The second-order valence-electron chi connectivity index (χ2n) is 9.56. The van der Waals surface area contributed by atoms with Crippen LogP contribution in [0.1, 0.15) is 11.1 Å². The number of halogens is 3. The molecule has 2 heterocycles. The Labute approximate surface area is 263 Å². The van der Waals surface area contributed by atoms with Crippen LogP contribution in [0.5, 0.6) is 5.75 Å². The Morgan fingerprint density at radius 1 is 1.05 bits per heavy atom. The number of benzene rings is 4. The van der Waals surface area contributed by atoms with Crippen LogP contribution in [0.25, 0.3) is 33.5 Å². The minimum Gasteiger partial charge on any atom is -0.482 e. The first-order chi connectivity index (χ1) is 20.8. The lowest BCUT2D eigenvalue weighted by atomic mass is 10.2. The Morgan fingerprint density at radius 3 is 2.67 bits per heavy atom. The number of hydrogen-bond acceptors (Lipinski definition) is 6. The number of aryl methyl sites for hydroxylation is 1. The van der Waals surface area contributed by atoms with Gasteiger partial charge < -0.3 is 14.5 Å². The molecule has 0 spiro atoms. The van der Waals surface area contributed by atoms with Gasteiger partial charge in [-0.2, -0.15) is 9.78 Å². The lowest BCUT2D eigenvalue weighted by Crippen LogP contribution is -2.21. The molecule has 214 valence electrons. The van der Waals surface area contributed by atoms with Crippen LogP contribution in [0.3, 0.4) is 0 Å². The molecule has 0 aliphatic rings. The van der Waals surface area contributed by atoms with Crippen molar-refractivity contribution in [3.8, 4) is 17.3 Å². The molecule has 0 aliphatic heterocycles. The third kappa shape index (κ3) is 6.06. The number of fused-ring (bicyclic) bond motifs is 2. The Kier molecular flexibility index (Phi) is 8.03. The van der Waals surface area contributed by atoms with E-state index in [1.165, 1.54) is 6.21 Å². The third-order valence-corrected chi connectivity index (χ3v) is 7.61. The van der Waals surface area contributed by atoms with Crippen molar-refractivity contribution in [3.05, 3.63) is 121 Å². The van der Waals surface area contributed by atoms with Crippen molar-refractivity contribution in [2.45, 2.75) is 6.92 Å². The summed E-state index contributed by atoms with van der Waals surface area (Å²) in [5, 5.41) is 9.42. The van der Waals surface area contributed by atoms with Crippen molar-refractivity contribution in [2.75, 3.05) is 11.9 Å². The maximum atomic E-state index is 13.7. The number of amides is 1. The number of carbonyl (C=O) groups excluding carboxylic acids is 1. The average Bonchev–Trinajstić information content (AvgIpc) is 3.40. The van der Waals surface area contributed by atoms with E-state index in [0.29, 0.717) is 53.8 Å². The van der Waals surface area contributed by atoms with Gasteiger partial charge in [0.05, 0.1) is 21.6 Å². The Hall–Kier alpha value is -4.44. The fourth-order valence-electron chi connectivity index (χ4n) is 4.50. The van der Waals surface area contributed by atoms with Crippen molar-refractivity contribution in [2.24, 2.45) is 5.10 Å². The quantitative estimate of drug-likeness (QED) is 0.173. The van der Waals surface area contributed by atoms with Crippen molar-refractivity contribution >= 4 is 78.8 Å². The standard InChI is InChI=1S/C32H21BrCl2N4O4/c1-18-6-2-4-8-25(18)37-29(40)17-42-30-20(13-22(35)15-24(30)33)16-36-39-31(38-26-9-5-3-7-23(26)32(39)41)28-14-19-12-21(34)10-11-27(19)43-28/h2-16H,17H2,1H3,(H,37,40). The van der Waals surface area contributed by atoms with Gasteiger partial charge in [0.2, 0.25) is 5.82 Å². The zero-order valence-corrected chi connectivity index (χ0v) is 25.6. The van der Waals surface area contributed by atoms with Crippen molar-refractivity contribution in [1.82, 2.24) is 9.66 Å². The molecule has 0 atom stereocenters. The number of rotatable bonds is 7. The van der Waals surface area contributed by atoms with Gasteiger partial charge in [-0.1, -0.05) is 53.5 Å². The van der Waals surface area contributed by atoms with Gasteiger partial charge in [-0.25, -0.2) is 4.98 Å². The van der Waals surface area contributed by atoms with E-state index in [9.17, 15) is 9.59 Å². The second-order valence-corrected chi connectivity index (χ2v) is 11.3. The molecule has 0 radical (unpaired) electrons. The molecule has 0 bridgehead atoms. The van der Waals surface area contributed by atoms with Gasteiger partial charge in [-0.05, 0) is 83.0 Å². The summed E-state index contributed by atoms with van der Waals surface area (Å²) < 4.78 is 13.6. The number of aromatic nitrogens is 2. The Morgan fingerprint density at radius 2 is 1.84 bits per heavy atom. The summed E-state index contributed by atoms with van der Waals surface area (Å²) in [7, 11) is 0. The molecule has 1 N–H and O–H groups in total. The number of nitrogens with one attached hydrogen (secondary N) is 1. The lowest BCUT2D eigenvalue weighted by Gasteiger charge is -2.13. The van der Waals surface area contributed by atoms with Crippen molar-refractivity contribution in [3.63, 3.8) is 0 Å². The molecule has 8 nitrogen and oxygen atoms in total. The van der Waals surface area contributed by atoms with E-state index in [0.717, 1.165) is 15.6 Å². The molecule has 0 aliphatic carbocycles. The maximum absolute atomic E-state index is 13.7. The van der Waals surface area contributed by atoms with Crippen LogP contribution in [0.2, 0.25) is 10.0 Å². The monoisotopic (exact) mass is 674 g/mol. The van der Waals surface area contributed by atoms with Gasteiger partial charge >= 0.3 is 0 Å². The fourth-order valence-corrected chi connectivity index (χ4v) is 5.63. The molecule has 6 rings (SSSR count). The summed E-state index contributed by atoms with van der Waals surface area (Å²) in [5.74, 6) is 0.485. The fraction of sp³-hybridized carbons (Fsp3) is 0.0625. The molecule has 2 aromatic heterocycles. The molecule has 0 saturated heterocycles. The summed E-state index contributed by atoms with van der Waals surface area (Å²) in [6.45, 7) is 1.62. The van der Waals surface area contributed by atoms with E-state index in [2.05, 4.69) is 26.3 Å². The second kappa shape index (κ2) is 12.0. The Bertz CT molecular complexity index is 2120. The highest BCUT2D eigenvalue weighted by atomic mass is 79.9. The van der Waals surface area contributed by atoms with Gasteiger partial charge in [-0.3, -0.25) is 9.59 Å². The first-order valence-corrected chi connectivity index (χ1v) is 14.5. The molecule has 0 fully saturated rings. The Balaban J connectivity index is 1.39. The van der Waals surface area contributed by atoms with Crippen LogP contribution in [0.4, 0.5) is 5.69 Å². The predicted octanol–water partition coefficient (Wildman–Crippen LogP) is 8.09. The van der Waals surface area contributed by atoms with Crippen molar-refractivity contribution in [1.29, 1.82) is 0 Å². The molecular weight excluding hydrogens is 655 g/mol. The molecule has 0 saturated carbocycles. The molecule has 11 heteroatoms. The zero-order chi connectivity index (χ0) is 30.1. The first kappa shape index (κ1) is 28.7. The summed E-state index contributed by atoms with van der Waals surface area (Å²) in [4.78, 5) is 31.1. The largest absolute Gasteiger partial charge is 0.482 e. The molecule has 43 heavy (non-hydrogen) atoms. The number of nitrogens with zero attached hydrogens (tertiary/aromatic N) is 3. The topological polar surface area (TPSA) is 98.7 Å². The number of furan rings is 1. The van der Waals surface area contributed by atoms with Gasteiger partial charge in [0.15, 0.2) is 12.4 Å². The van der Waals surface area contributed by atoms with Crippen LogP contribution in [0.15, 0.2) is 104 Å². The minimum atomic E-state index is -0.406. The van der Waals surface area contributed by atoms with E-state index < -0.39 is 5.56 Å². The van der Waals surface area contributed by atoms with Gasteiger partial charge in [0.25, 0.3) is 11.5 Å². The number of carbonyl (C=O) groups is 1. The third-order valence-electron chi connectivity index (χ3n) is 6.57. The first-order valence-electron chi connectivity index (χ1n) is 13.0. The molecular formula is C32H21BrCl2N4O4. The number of para-hydroxylation sites is 2. The molecule has 1 amide bonds. The van der Waals surface area contributed by atoms with Crippen molar-refractivity contribution < 1.29 is 13.9 Å². The smallest absolute Gasteiger partial charge is 0.282 e. The van der Waals surface area contributed by atoms with Crippen LogP contribution < -0.4 is 15.6 Å². The van der Waals surface area contributed by atoms with E-state index in [1.54, 1.807) is 60.7 Å². The summed E-state index contributed by atoms with van der Waals surface area (Å²) in [6.07, 6.45) is 1.42. The predicted molar refractivity (Wildman–Crippen MR) is 174 cm³/mol. The van der Waals surface area contributed by atoms with Crippen LogP contribution in [-0.2, 0) is 4.79 Å². The number of anilines is 1. The van der Waals surface area contributed by atoms with Gasteiger partial charge in [0.1, 0.15) is 11.3 Å². The minimum absolute atomic E-state index is 0.188. The van der Waals surface area contributed by atoms with Crippen LogP contribution in [0, 0.1) is 6.92 Å². The highest BCUT2D eigenvalue weighted by Crippen LogP contribution is 2.33. The number of ether oxygens (including phenoxy) is 1. The molecule has 0 unspecified atom stereocenters. The number of hydrogen-bond donors (Lipinski definition) is 1. The van der Waals surface area contributed by atoms with E-state index in [4.69, 9.17) is 37.3 Å². The van der Waals surface area contributed by atoms with E-state index in [1.807, 2.05) is 31.2 Å². The normalized spacial score (nSPS) is 11.4. The van der Waals surface area contributed by atoms with Gasteiger partial charge in [0, 0.05) is 26.7 Å². The maximum Gasteiger partial charge on any atom is 0.282 e.